The number of hydrogen-bond acceptors (Lipinski definition) is 4. The Labute approximate surface area is 109 Å². The maximum atomic E-state index is 12.0. The fraction of sp³-hybridized carbons (Fsp3) is 0.385. The molecule has 3 rings (SSSR count). The molecule has 1 aromatic heterocycles. The van der Waals surface area contributed by atoms with Crippen molar-refractivity contribution in [2.24, 2.45) is 5.73 Å². The smallest absolute Gasteiger partial charge is 0.408 e. The monoisotopic (exact) mass is 261 g/mol. The number of fused-ring (bicyclic) bond motifs is 1. The largest absolute Gasteiger partial charge is 0.417 e. The molecule has 0 atom stereocenters. The number of aromatic nitrogens is 1. The molecule has 1 heterocycles. The van der Waals surface area contributed by atoms with Gasteiger partial charge in [-0.3, -0.25) is 9.78 Å². The molecular weight excluding hydrogens is 246 g/mol. The summed E-state index contributed by atoms with van der Waals surface area (Å²) in [6.07, 6.45) is 1.51. The van der Waals surface area contributed by atoms with E-state index in [1.807, 2.05) is 6.07 Å². The third kappa shape index (κ3) is 2.15. The number of aromatic amines is 1. The Morgan fingerprint density at radius 3 is 2.95 bits per heavy atom. The van der Waals surface area contributed by atoms with Crippen molar-refractivity contribution < 1.29 is 9.21 Å². The van der Waals surface area contributed by atoms with Crippen molar-refractivity contribution in [1.82, 2.24) is 9.88 Å². The van der Waals surface area contributed by atoms with E-state index < -0.39 is 11.3 Å². The first kappa shape index (κ1) is 12.0. The summed E-state index contributed by atoms with van der Waals surface area (Å²) in [5.74, 6) is -0.510. The van der Waals surface area contributed by atoms with E-state index in [1.54, 1.807) is 24.1 Å². The molecule has 0 radical (unpaired) electrons. The molecule has 2 aromatic rings. The van der Waals surface area contributed by atoms with E-state index >= 15 is 0 Å². The van der Waals surface area contributed by atoms with Crippen LogP contribution < -0.4 is 11.5 Å². The summed E-state index contributed by atoms with van der Waals surface area (Å²) in [6.45, 7) is 0.459. The zero-order valence-corrected chi connectivity index (χ0v) is 10.6. The first-order valence-electron chi connectivity index (χ1n) is 6.14. The second-order valence-corrected chi connectivity index (χ2v) is 5.16. The highest BCUT2D eigenvalue weighted by Gasteiger charge is 2.47. The minimum Gasteiger partial charge on any atom is -0.408 e. The highest BCUT2D eigenvalue weighted by molar-refractivity contribution is 5.88. The Morgan fingerprint density at radius 2 is 2.26 bits per heavy atom. The van der Waals surface area contributed by atoms with Gasteiger partial charge >= 0.3 is 5.76 Å². The Balaban J connectivity index is 1.80. The zero-order chi connectivity index (χ0) is 13.6. The number of oxazole rings is 1. The first-order valence-corrected chi connectivity index (χ1v) is 6.14. The van der Waals surface area contributed by atoms with Crippen LogP contribution in [0.5, 0.6) is 0 Å². The summed E-state index contributed by atoms with van der Waals surface area (Å²) < 4.78 is 4.93. The molecule has 6 heteroatoms. The van der Waals surface area contributed by atoms with Gasteiger partial charge in [-0.2, -0.15) is 0 Å². The van der Waals surface area contributed by atoms with Crippen LogP contribution in [0.15, 0.2) is 27.4 Å². The Morgan fingerprint density at radius 1 is 1.53 bits per heavy atom. The van der Waals surface area contributed by atoms with Crippen LogP contribution in [0.4, 0.5) is 0 Å². The van der Waals surface area contributed by atoms with Gasteiger partial charge in [-0.1, -0.05) is 6.07 Å². The van der Waals surface area contributed by atoms with Crippen molar-refractivity contribution in [2.45, 2.75) is 24.9 Å². The predicted molar refractivity (Wildman–Crippen MR) is 69.5 cm³/mol. The van der Waals surface area contributed by atoms with Crippen molar-refractivity contribution in [3.63, 3.8) is 0 Å². The van der Waals surface area contributed by atoms with Gasteiger partial charge in [0.15, 0.2) is 5.58 Å². The molecule has 19 heavy (non-hydrogen) atoms. The van der Waals surface area contributed by atoms with E-state index in [0.29, 0.717) is 17.6 Å². The molecule has 6 nitrogen and oxygen atoms in total. The molecule has 0 saturated heterocycles. The number of nitrogens with one attached hydrogen (secondary N) is 1. The Hall–Kier alpha value is -2.08. The first-order chi connectivity index (χ1) is 8.98. The SMILES string of the molecule is CN(Cc1ccc2oc(=O)[nH]c2c1)C(=O)C1(N)CC1. The van der Waals surface area contributed by atoms with E-state index in [2.05, 4.69) is 4.98 Å². The van der Waals surface area contributed by atoms with Gasteiger partial charge in [-0.15, -0.1) is 0 Å². The fourth-order valence-electron chi connectivity index (χ4n) is 2.17. The minimum atomic E-state index is -0.650. The van der Waals surface area contributed by atoms with Crippen molar-refractivity contribution in [3.05, 3.63) is 34.3 Å². The number of benzene rings is 1. The van der Waals surface area contributed by atoms with Crippen molar-refractivity contribution >= 4 is 17.0 Å². The third-order valence-corrected chi connectivity index (χ3v) is 3.46. The van der Waals surface area contributed by atoms with Crippen molar-refractivity contribution in [3.8, 4) is 0 Å². The maximum absolute atomic E-state index is 12.0. The topological polar surface area (TPSA) is 92.3 Å². The highest BCUT2D eigenvalue weighted by atomic mass is 16.4. The van der Waals surface area contributed by atoms with Crippen LogP contribution in [-0.4, -0.2) is 28.4 Å². The summed E-state index contributed by atoms with van der Waals surface area (Å²) in [7, 11) is 1.73. The predicted octanol–water partition coefficient (Wildman–Crippen LogP) is 0.571. The number of rotatable bonds is 3. The standard InChI is InChI=1S/C13H15N3O3/c1-16(11(17)13(14)4-5-13)7-8-2-3-10-9(6-8)15-12(18)19-10/h2-3,6H,4-5,7,14H2,1H3,(H,15,18). The van der Waals surface area contributed by atoms with Crippen LogP contribution in [-0.2, 0) is 11.3 Å². The lowest BCUT2D eigenvalue weighted by Gasteiger charge is -2.20. The molecule has 1 saturated carbocycles. The number of carbonyl (C=O) groups is 1. The lowest BCUT2D eigenvalue weighted by molar-refractivity contribution is -0.132. The third-order valence-electron chi connectivity index (χ3n) is 3.46. The molecule has 1 fully saturated rings. The molecule has 1 aliphatic carbocycles. The van der Waals surface area contributed by atoms with Crippen LogP contribution in [0.2, 0.25) is 0 Å². The summed E-state index contributed by atoms with van der Waals surface area (Å²) in [6, 6.07) is 5.36. The number of carbonyl (C=O) groups excluding carboxylic acids is 1. The maximum Gasteiger partial charge on any atom is 0.417 e. The van der Waals surface area contributed by atoms with Gasteiger partial charge in [0.25, 0.3) is 0 Å². The summed E-state index contributed by atoms with van der Waals surface area (Å²) in [5, 5.41) is 0. The Kier molecular flexibility index (Phi) is 2.50. The molecular formula is C13H15N3O3. The van der Waals surface area contributed by atoms with Crippen molar-refractivity contribution in [2.75, 3.05) is 7.05 Å². The molecule has 0 bridgehead atoms. The quantitative estimate of drug-likeness (QED) is 0.844. The van der Waals surface area contributed by atoms with Gasteiger partial charge in [0, 0.05) is 13.6 Å². The summed E-state index contributed by atoms with van der Waals surface area (Å²) in [4.78, 5) is 27.3. The van der Waals surface area contributed by atoms with Crippen LogP contribution in [0.25, 0.3) is 11.1 Å². The van der Waals surface area contributed by atoms with Crippen molar-refractivity contribution in [1.29, 1.82) is 0 Å². The fourth-order valence-corrected chi connectivity index (χ4v) is 2.17. The number of amides is 1. The second-order valence-electron chi connectivity index (χ2n) is 5.16. The zero-order valence-electron chi connectivity index (χ0n) is 10.6. The van der Waals surface area contributed by atoms with E-state index in [9.17, 15) is 9.59 Å². The molecule has 0 spiro atoms. The molecule has 100 valence electrons. The van der Waals surface area contributed by atoms with E-state index in [-0.39, 0.29) is 5.91 Å². The summed E-state index contributed by atoms with van der Waals surface area (Å²) >= 11 is 0. The van der Waals surface area contributed by atoms with E-state index in [0.717, 1.165) is 18.4 Å². The number of hydrogen-bond donors (Lipinski definition) is 2. The van der Waals surface area contributed by atoms with Gasteiger partial charge in [0.2, 0.25) is 5.91 Å². The van der Waals surface area contributed by atoms with E-state index in [4.69, 9.17) is 10.2 Å². The minimum absolute atomic E-state index is 0.0340. The Bertz CT molecular complexity index is 696. The van der Waals surface area contributed by atoms with Crippen LogP contribution in [0.1, 0.15) is 18.4 Å². The average molecular weight is 261 g/mol. The number of nitrogens with two attached hydrogens (primary N) is 1. The molecule has 0 aliphatic heterocycles. The molecule has 0 unspecified atom stereocenters. The highest BCUT2D eigenvalue weighted by Crippen LogP contribution is 2.34. The summed E-state index contributed by atoms with van der Waals surface area (Å²) in [5.41, 5.74) is 7.31. The molecule has 3 N–H and O–H groups in total. The second kappa shape index (κ2) is 3.96. The lowest BCUT2D eigenvalue weighted by atomic mass is 10.1. The molecule has 1 amide bonds. The van der Waals surface area contributed by atoms with Gasteiger partial charge in [0.05, 0.1) is 11.1 Å². The van der Waals surface area contributed by atoms with Gasteiger partial charge in [-0.25, -0.2) is 4.79 Å². The normalized spacial score (nSPS) is 16.5. The van der Waals surface area contributed by atoms with Crippen LogP contribution >= 0.6 is 0 Å². The average Bonchev–Trinajstić information content (AvgIpc) is 2.99. The van der Waals surface area contributed by atoms with Gasteiger partial charge in [-0.05, 0) is 30.5 Å². The van der Waals surface area contributed by atoms with Gasteiger partial charge < -0.3 is 15.1 Å². The number of H-pyrrole nitrogens is 1. The van der Waals surface area contributed by atoms with Crippen LogP contribution in [0, 0.1) is 0 Å². The number of nitrogens with zero attached hydrogens (tertiary/aromatic N) is 1. The van der Waals surface area contributed by atoms with E-state index in [1.165, 1.54) is 0 Å². The number of likely N-dealkylation sites (N-methyl/N-ethyl adjacent to an activating group) is 1. The molecule has 1 aliphatic rings. The molecule has 1 aromatic carbocycles. The van der Waals surface area contributed by atoms with Gasteiger partial charge in [0.1, 0.15) is 0 Å². The lowest BCUT2D eigenvalue weighted by Crippen LogP contribution is -2.43. The van der Waals surface area contributed by atoms with Crippen LogP contribution in [0.3, 0.4) is 0 Å².